The second-order valence-electron chi connectivity index (χ2n) is 5.77. The number of guanidine groups is 1. The van der Waals surface area contributed by atoms with Crippen molar-refractivity contribution in [2.24, 2.45) is 4.99 Å². The largest absolute Gasteiger partial charge is 0.492 e. The second-order valence-corrected chi connectivity index (χ2v) is 5.77. The topological polar surface area (TPSA) is 67.6 Å². The van der Waals surface area contributed by atoms with Gasteiger partial charge < -0.3 is 19.5 Å². The molecule has 0 spiro atoms. The molecule has 0 amide bonds. The van der Waals surface area contributed by atoms with Gasteiger partial charge in [0.15, 0.2) is 11.8 Å². The summed E-state index contributed by atoms with van der Waals surface area (Å²) in [5.41, 5.74) is 0. The molecule has 1 aromatic carbocycles. The lowest BCUT2D eigenvalue weighted by Gasteiger charge is -2.22. The molecule has 2 heterocycles. The van der Waals surface area contributed by atoms with E-state index >= 15 is 0 Å². The number of hydrogen-bond donors (Lipinski definition) is 1. The molecule has 1 aliphatic rings. The van der Waals surface area contributed by atoms with E-state index in [0.29, 0.717) is 13.2 Å². The number of hydrogen-bond acceptors (Lipinski definition) is 4. The normalized spacial score (nSPS) is 13.7. The van der Waals surface area contributed by atoms with E-state index < -0.39 is 0 Å². The molecule has 0 bridgehead atoms. The van der Waals surface area contributed by atoms with Crippen molar-refractivity contribution in [1.82, 2.24) is 25.0 Å². The van der Waals surface area contributed by atoms with E-state index in [9.17, 15) is 0 Å². The Bertz CT molecular complexity index is 682. The lowest BCUT2D eigenvalue weighted by atomic mass is 10.3. The van der Waals surface area contributed by atoms with Crippen LogP contribution in [0.5, 0.6) is 5.75 Å². The smallest absolute Gasteiger partial charge is 0.193 e. The molecule has 7 nitrogen and oxygen atoms in total. The molecule has 0 saturated carbocycles. The Morgan fingerprint density at radius 3 is 2.96 bits per heavy atom. The molecule has 2 aromatic rings. The molecule has 0 saturated heterocycles. The van der Waals surface area contributed by atoms with Gasteiger partial charge in [0.05, 0.1) is 13.1 Å². The maximum Gasteiger partial charge on any atom is 0.193 e. The van der Waals surface area contributed by atoms with E-state index in [4.69, 9.17) is 4.74 Å². The van der Waals surface area contributed by atoms with Gasteiger partial charge in [-0.15, -0.1) is 10.2 Å². The molecule has 0 atom stereocenters. The van der Waals surface area contributed by atoms with Crippen molar-refractivity contribution in [1.29, 1.82) is 0 Å². The SMILES string of the molecule is CN=C(NCc1nnc2n1CCC2)N(C)CCOc1ccccc1. The van der Waals surface area contributed by atoms with Crippen molar-refractivity contribution < 1.29 is 4.74 Å². The number of aryl methyl sites for hydroxylation is 1. The summed E-state index contributed by atoms with van der Waals surface area (Å²) in [6.07, 6.45) is 2.18. The van der Waals surface area contributed by atoms with Crippen LogP contribution in [0.4, 0.5) is 0 Å². The lowest BCUT2D eigenvalue weighted by molar-refractivity contribution is 0.281. The Morgan fingerprint density at radius 1 is 1.33 bits per heavy atom. The van der Waals surface area contributed by atoms with Crippen molar-refractivity contribution >= 4 is 5.96 Å². The standard InChI is InChI=1S/C17H24N6O/c1-18-17(19-13-16-21-20-15-9-6-10-23(15)16)22(2)11-12-24-14-7-4-3-5-8-14/h3-5,7-8H,6,9-13H2,1-2H3,(H,18,19). The molecule has 0 fully saturated rings. The van der Waals surface area contributed by atoms with Crippen molar-refractivity contribution in [3.8, 4) is 5.75 Å². The lowest BCUT2D eigenvalue weighted by Crippen LogP contribution is -2.40. The molecule has 24 heavy (non-hydrogen) atoms. The predicted molar refractivity (Wildman–Crippen MR) is 93.1 cm³/mol. The van der Waals surface area contributed by atoms with Gasteiger partial charge in [0.1, 0.15) is 18.2 Å². The van der Waals surface area contributed by atoms with Gasteiger partial charge in [-0.05, 0) is 18.6 Å². The molecular weight excluding hydrogens is 304 g/mol. The number of nitrogens with one attached hydrogen (secondary N) is 1. The molecule has 128 valence electrons. The summed E-state index contributed by atoms with van der Waals surface area (Å²) < 4.78 is 7.92. The molecule has 1 aliphatic heterocycles. The van der Waals surface area contributed by atoms with Crippen molar-refractivity contribution in [3.63, 3.8) is 0 Å². The second kappa shape index (κ2) is 7.81. The van der Waals surface area contributed by atoms with Crippen LogP contribution in [0.15, 0.2) is 35.3 Å². The fraction of sp³-hybridized carbons (Fsp3) is 0.471. The number of ether oxygens (including phenoxy) is 1. The zero-order chi connectivity index (χ0) is 16.8. The first-order valence-electron chi connectivity index (χ1n) is 8.28. The fourth-order valence-electron chi connectivity index (χ4n) is 2.81. The van der Waals surface area contributed by atoms with Crippen LogP contribution in [0, 0.1) is 0 Å². The highest BCUT2D eigenvalue weighted by molar-refractivity contribution is 5.79. The first-order valence-corrected chi connectivity index (χ1v) is 8.28. The highest BCUT2D eigenvalue weighted by Crippen LogP contribution is 2.13. The molecule has 0 radical (unpaired) electrons. The number of nitrogens with zero attached hydrogens (tertiary/aromatic N) is 5. The van der Waals surface area contributed by atoms with E-state index in [1.807, 2.05) is 42.3 Å². The number of rotatable bonds is 6. The molecule has 1 aromatic heterocycles. The molecule has 1 N–H and O–H groups in total. The van der Waals surface area contributed by atoms with Gasteiger partial charge in [-0.1, -0.05) is 18.2 Å². The van der Waals surface area contributed by atoms with E-state index in [-0.39, 0.29) is 0 Å². The number of benzene rings is 1. The third-order valence-corrected chi connectivity index (χ3v) is 4.10. The van der Waals surface area contributed by atoms with Crippen LogP contribution in [0.25, 0.3) is 0 Å². The predicted octanol–water partition coefficient (Wildman–Crippen LogP) is 1.31. The van der Waals surface area contributed by atoms with Crippen LogP contribution in [-0.4, -0.2) is 52.9 Å². The maximum atomic E-state index is 5.73. The number of para-hydroxylation sites is 1. The zero-order valence-electron chi connectivity index (χ0n) is 14.3. The summed E-state index contributed by atoms with van der Waals surface area (Å²) in [5, 5.41) is 11.8. The summed E-state index contributed by atoms with van der Waals surface area (Å²) in [5.74, 6) is 3.76. The Hall–Kier alpha value is -2.57. The van der Waals surface area contributed by atoms with Gasteiger partial charge in [0, 0.05) is 27.1 Å². The first kappa shape index (κ1) is 16.3. The fourth-order valence-corrected chi connectivity index (χ4v) is 2.81. The third-order valence-electron chi connectivity index (χ3n) is 4.10. The number of fused-ring (bicyclic) bond motifs is 1. The van der Waals surface area contributed by atoms with Crippen molar-refractivity contribution in [2.75, 3.05) is 27.2 Å². The summed E-state index contributed by atoms with van der Waals surface area (Å²) >= 11 is 0. The Morgan fingerprint density at radius 2 is 2.17 bits per heavy atom. The average Bonchev–Trinajstić information content (AvgIpc) is 3.21. The van der Waals surface area contributed by atoms with E-state index in [1.54, 1.807) is 7.05 Å². The van der Waals surface area contributed by atoms with Gasteiger partial charge in [0.2, 0.25) is 0 Å². The summed E-state index contributed by atoms with van der Waals surface area (Å²) in [7, 11) is 3.78. The summed E-state index contributed by atoms with van der Waals surface area (Å²) in [6.45, 7) is 2.98. The van der Waals surface area contributed by atoms with E-state index in [1.165, 1.54) is 0 Å². The van der Waals surface area contributed by atoms with Crippen LogP contribution in [0.1, 0.15) is 18.1 Å². The first-order chi connectivity index (χ1) is 11.8. The maximum absolute atomic E-state index is 5.73. The summed E-state index contributed by atoms with van der Waals surface area (Å²) in [6, 6.07) is 9.83. The Kier molecular flexibility index (Phi) is 5.30. The minimum absolute atomic E-state index is 0.599. The minimum atomic E-state index is 0.599. The molecule has 0 unspecified atom stereocenters. The Balaban J connectivity index is 1.46. The van der Waals surface area contributed by atoms with Crippen LogP contribution >= 0.6 is 0 Å². The third kappa shape index (κ3) is 3.84. The van der Waals surface area contributed by atoms with Crippen molar-refractivity contribution in [2.45, 2.75) is 25.9 Å². The Labute approximate surface area is 142 Å². The van der Waals surface area contributed by atoms with Gasteiger partial charge >= 0.3 is 0 Å². The highest BCUT2D eigenvalue weighted by Gasteiger charge is 2.17. The van der Waals surface area contributed by atoms with E-state index in [0.717, 1.165) is 49.3 Å². The van der Waals surface area contributed by atoms with Crippen LogP contribution in [0.2, 0.25) is 0 Å². The number of aromatic nitrogens is 3. The van der Waals surface area contributed by atoms with Crippen molar-refractivity contribution in [3.05, 3.63) is 42.0 Å². The van der Waals surface area contributed by atoms with Gasteiger partial charge in [-0.2, -0.15) is 0 Å². The minimum Gasteiger partial charge on any atom is -0.492 e. The van der Waals surface area contributed by atoms with Crippen LogP contribution in [0.3, 0.4) is 0 Å². The summed E-state index contributed by atoms with van der Waals surface area (Å²) in [4.78, 5) is 6.37. The quantitative estimate of drug-likeness (QED) is 0.640. The molecule has 7 heteroatoms. The molecule has 0 aliphatic carbocycles. The monoisotopic (exact) mass is 328 g/mol. The molecule has 3 rings (SSSR count). The van der Waals surface area contributed by atoms with Gasteiger partial charge in [0.25, 0.3) is 0 Å². The van der Waals surface area contributed by atoms with Crippen LogP contribution in [-0.2, 0) is 19.5 Å². The number of likely N-dealkylation sites (N-methyl/N-ethyl adjacent to an activating group) is 1. The highest BCUT2D eigenvalue weighted by atomic mass is 16.5. The van der Waals surface area contributed by atoms with Gasteiger partial charge in [-0.3, -0.25) is 4.99 Å². The van der Waals surface area contributed by atoms with E-state index in [2.05, 4.69) is 25.1 Å². The number of aliphatic imine (C=N–C) groups is 1. The van der Waals surface area contributed by atoms with Crippen LogP contribution < -0.4 is 10.1 Å². The van der Waals surface area contributed by atoms with Gasteiger partial charge in [-0.25, -0.2) is 0 Å². The average molecular weight is 328 g/mol. The zero-order valence-corrected chi connectivity index (χ0v) is 14.3. The molecular formula is C17H24N6O.